The van der Waals surface area contributed by atoms with Crippen molar-refractivity contribution >= 4 is 35.2 Å². The molecule has 0 radical (unpaired) electrons. The second-order valence-corrected chi connectivity index (χ2v) is 5.00. The number of benzene rings is 2. The highest BCUT2D eigenvalue weighted by Gasteiger charge is 2.12. The second kappa shape index (κ2) is 4.76. The summed E-state index contributed by atoms with van der Waals surface area (Å²) in [7, 11) is 0. The normalized spacial score (nSPS) is 10.8. The highest BCUT2D eigenvalue weighted by Crippen LogP contribution is 2.28. The van der Waals surface area contributed by atoms with E-state index in [4.69, 9.17) is 16.0 Å². The molecule has 0 aliphatic carbocycles. The van der Waals surface area contributed by atoms with Gasteiger partial charge in [0.05, 0.1) is 10.3 Å². The lowest BCUT2D eigenvalue weighted by Gasteiger charge is -2.06. The van der Waals surface area contributed by atoms with Crippen LogP contribution in [0.25, 0.3) is 22.3 Å². The Morgan fingerprint density at radius 2 is 1.68 bits per heavy atom. The van der Waals surface area contributed by atoms with Crippen LogP contribution < -0.4 is 5.43 Å². The molecule has 0 aliphatic heterocycles. The van der Waals surface area contributed by atoms with E-state index >= 15 is 0 Å². The SMILES string of the molecule is O=c1c(S)c(-c2ccc(Cl)cc2)oc2ccccc12. The van der Waals surface area contributed by atoms with E-state index in [2.05, 4.69) is 12.6 Å². The van der Waals surface area contributed by atoms with Gasteiger partial charge in [0.25, 0.3) is 0 Å². The van der Waals surface area contributed by atoms with Crippen molar-refractivity contribution in [3.05, 3.63) is 63.8 Å². The highest BCUT2D eigenvalue weighted by molar-refractivity contribution is 7.80. The molecular weight excluding hydrogens is 280 g/mol. The quantitative estimate of drug-likeness (QED) is 0.673. The van der Waals surface area contributed by atoms with Crippen LogP contribution >= 0.6 is 24.2 Å². The topological polar surface area (TPSA) is 30.2 Å². The summed E-state index contributed by atoms with van der Waals surface area (Å²) in [6, 6.07) is 14.2. The van der Waals surface area contributed by atoms with Gasteiger partial charge in [0, 0.05) is 10.6 Å². The maximum absolute atomic E-state index is 12.2. The molecule has 0 spiro atoms. The minimum atomic E-state index is -0.130. The van der Waals surface area contributed by atoms with Crippen molar-refractivity contribution in [3.8, 4) is 11.3 Å². The lowest BCUT2D eigenvalue weighted by molar-refractivity contribution is 0.605. The van der Waals surface area contributed by atoms with E-state index in [0.29, 0.717) is 26.6 Å². The molecule has 3 rings (SSSR count). The van der Waals surface area contributed by atoms with Crippen molar-refractivity contribution < 1.29 is 4.42 Å². The van der Waals surface area contributed by atoms with E-state index in [1.54, 1.807) is 42.5 Å². The first-order chi connectivity index (χ1) is 9.16. The van der Waals surface area contributed by atoms with Crippen LogP contribution in [0.2, 0.25) is 5.02 Å². The first-order valence-electron chi connectivity index (χ1n) is 5.67. The zero-order valence-electron chi connectivity index (χ0n) is 9.76. The number of hydrogen-bond donors (Lipinski definition) is 1. The molecule has 1 heterocycles. The van der Waals surface area contributed by atoms with Gasteiger partial charge >= 0.3 is 0 Å². The van der Waals surface area contributed by atoms with Crippen molar-refractivity contribution in [2.45, 2.75) is 4.90 Å². The lowest BCUT2D eigenvalue weighted by Crippen LogP contribution is -2.04. The molecule has 1 aromatic heterocycles. The van der Waals surface area contributed by atoms with Crippen molar-refractivity contribution in [1.29, 1.82) is 0 Å². The number of halogens is 1. The van der Waals surface area contributed by atoms with E-state index in [9.17, 15) is 4.79 Å². The molecule has 0 atom stereocenters. The summed E-state index contributed by atoms with van der Waals surface area (Å²) in [6.07, 6.45) is 0. The standard InChI is InChI=1S/C15H9ClO2S/c16-10-7-5-9(6-8-10)14-15(19)13(17)11-3-1-2-4-12(11)18-14/h1-8,19H. The summed E-state index contributed by atoms with van der Waals surface area (Å²) in [4.78, 5) is 12.5. The molecule has 4 heteroatoms. The molecule has 2 aromatic carbocycles. The molecule has 3 aromatic rings. The summed E-state index contributed by atoms with van der Waals surface area (Å²) in [5.41, 5.74) is 1.20. The van der Waals surface area contributed by atoms with Gasteiger partial charge in [-0.15, -0.1) is 12.6 Å². The third-order valence-electron chi connectivity index (χ3n) is 2.88. The van der Waals surface area contributed by atoms with Crippen LogP contribution in [0.3, 0.4) is 0 Å². The van der Waals surface area contributed by atoms with Crippen LogP contribution in [0.5, 0.6) is 0 Å². The van der Waals surface area contributed by atoms with Crippen LogP contribution in [0.4, 0.5) is 0 Å². The Labute approximate surface area is 120 Å². The molecule has 0 amide bonds. The average molecular weight is 289 g/mol. The summed E-state index contributed by atoms with van der Waals surface area (Å²) in [5.74, 6) is 0.462. The van der Waals surface area contributed by atoms with Gasteiger partial charge in [-0.1, -0.05) is 23.7 Å². The Kier molecular flexibility index (Phi) is 3.09. The van der Waals surface area contributed by atoms with Gasteiger partial charge in [-0.3, -0.25) is 4.79 Å². The first kappa shape index (κ1) is 12.3. The van der Waals surface area contributed by atoms with E-state index < -0.39 is 0 Å². The van der Waals surface area contributed by atoms with Crippen LogP contribution in [0.15, 0.2) is 62.6 Å². The van der Waals surface area contributed by atoms with Crippen LogP contribution in [0.1, 0.15) is 0 Å². The lowest BCUT2D eigenvalue weighted by atomic mass is 10.1. The van der Waals surface area contributed by atoms with E-state index in [1.165, 1.54) is 0 Å². The van der Waals surface area contributed by atoms with Crippen LogP contribution in [-0.4, -0.2) is 0 Å². The van der Waals surface area contributed by atoms with Crippen LogP contribution in [-0.2, 0) is 0 Å². The number of fused-ring (bicyclic) bond motifs is 1. The Morgan fingerprint density at radius 3 is 2.42 bits per heavy atom. The molecule has 94 valence electrons. The maximum Gasteiger partial charge on any atom is 0.206 e. The summed E-state index contributed by atoms with van der Waals surface area (Å²) in [5, 5.41) is 1.16. The van der Waals surface area contributed by atoms with E-state index in [-0.39, 0.29) is 5.43 Å². The van der Waals surface area contributed by atoms with Crippen molar-refractivity contribution in [3.63, 3.8) is 0 Å². The van der Waals surface area contributed by atoms with Crippen molar-refractivity contribution in [2.24, 2.45) is 0 Å². The molecule has 19 heavy (non-hydrogen) atoms. The number of thiol groups is 1. The molecule has 0 saturated heterocycles. The Hall–Kier alpha value is -1.71. The van der Waals surface area contributed by atoms with Gasteiger partial charge in [-0.25, -0.2) is 0 Å². The van der Waals surface area contributed by atoms with Gasteiger partial charge < -0.3 is 4.42 Å². The summed E-state index contributed by atoms with van der Waals surface area (Å²) in [6.45, 7) is 0. The number of rotatable bonds is 1. The van der Waals surface area contributed by atoms with Gasteiger partial charge in [-0.2, -0.15) is 0 Å². The predicted octanol–water partition coefficient (Wildman–Crippen LogP) is 4.40. The molecule has 0 unspecified atom stereocenters. The summed E-state index contributed by atoms with van der Waals surface area (Å²) < 4.78 is 5.78. The molecular formula is C15H9ClO2S. The minimum Gasteiger partial charge on any atom is -0.455 e. The van der Waals surface area contributed by atoms with E-state index in [1.807, 2.05) is 6.07 Å². The zero-order chi connectivity index (χ0) is 13.4. The molecule has 0 saturated carbocycles. The molecule has 2 nitrogen and oxygen atoms in total. The number of para-hydroxylation sites is 1. The Balaban J connectivity index is 2.33. The fourth-order valence-corrected chi connectivity index (χ4v) is 2.35. The largest absolute Gasteiger partial charge is 0.455 e. The Bertz CT molecular complexity index is 806. The molecule has 0 aliphatic rings. The second-order valence-electron chi connectivity index (χ2n) is 4.11. The first-order valence-corrected chi connectivity index (χ1v) is 6.50. The van der Waals surface area contributed by atoms with E-state index in [0.717, 1.165) is 5.56 Å². The average Bonchev–Trinajstić information content (AvgIpc) is 2.44. The molecule has 0 bridgehead atoms. The van der Waals surface area contributed by atoms with Crippen molar-refractivity contribution in [2.75, 3.05) is 0 Å². The summed E-state index contributed by atoms with van der Waals surface area (Å²) >= 11 is 10.1. The van der Waals surface area contributed by atoms with Gasteiger partial charge in [0.2, 0.25) is 5.43 Å². The zero-order valence-corrected chi connectivity index (χ0v) is 11.4. The fraction of sp³-hybridized carbons (Fsp3) is 0. The van der Waals surface area contributed by atoms with Crippen molar-refractivity contribution in [1.82, 2.24) is 0 Å². The number of hydrogen-bond acceptors (Lipinski definition) is 3. The highest BCUT2D eigenvalue weighted by atomic mass is 35.5. The van der Waals surface area contributed by atoms with Crippen LogP contribution in [0, 0.1) is 0 Å². The Morgan fingerprint density at radius 1 is 1.00 bits per heavy atom. The fourth-order valence-electron chi connectivity index (χ4n) is 1.93. The van der Waals surface area contributed by atoms with Gasteiger partial charge in [0.1, 0.15) is 5.58 Å². The third kappa shape index (κ3) is 2.15. The molecule has 0 fully saturated rings. The predicted molar refractivity (Wildman–Crippen MR) is 80.2 cm³/mol. The van der Waals surface area contributed by atoms with Gasteiger partial charge in [-0.05, 0) is 36.4 Å². The maximum atomic E-state index is 12.2. The molecule has 0 N–H and O–H groups in total. The smallest absolute Gasteiger partial charge is 0.206 e. The monoisotopic (exact) mass is 288 g/mol. The third-order valence-corrected chi connectivity index (χ3v) is 3.54. The van der Waals surface area contributed by atoms with Gasteiger partial charge in [0.15, 0.2) is 5.76 Å². The minimum absolute atomic E-state index is 0.130.